The first-order valence-corrected chi connectivity index (χ1v) is 9.02. The minimum atomic E-state index is -0.314. The molecular formula is C18H14N6O2S. The summed E-state index contributed by atoms with van der Waals surface area (Å²) < 4.78 is 1.15. The third-order valence-electron chi connectivity index (χ3n) is 3.83. The van der Waals surface area contributed by atoms with Crippen molar-refractivity contribution in [3.05, 3.63) is 70.4 Å². The van der Waals surface area contributed by atoms with Gasteiger partial charge in [0.2, 0.25) is 5.91 Å². The number of aromatic nitrogens is 5. The summed E-state index contributed by atoms with van der Waals surface area (Å²) in [6.07, 6.45) is 4.88. The fourth-order valence-electron chi connectivity index (χ4n) is 2.52. The number of amides is 1. The van der Waals surface area contributed by atoms with Crippen molar-refractivity contribution in [1.82, 2.24) is 30.0 Å². The normalized spacial score (nSPS) is 10.8. The van der Waals surface area contributed by atoms with Crippen molar-refractivity contribution in [2.24, 2.45) is 0 Å². The molecule has 3 aromatic heterocycles. The summed E-state index contributed by atoms with van der Waals surface area (Å²) in [5.41, 5.74) is 0.412. The average molecular weight is 378 g/mol. The van der Waals surface area contributed by atoms with Gasteiger partial charge in [0.25, 0.3) is 5.56 Å². The smallest absolute Gasteiger partial charge is 0.275 e. The Kier molecular flexibility index (Phi) is 4.67. The number of nitrogens with zero attached hydrogens (tertiary/aromatic N) is 5. The third-order valence-corrected chi connectivity index (χ3v) is 4.72. The Labute approximate surface area is 157 Å². The first-order valence-electron chi connectivity index (χ1n) is 8.14. The van der Waals surface area contributed by atoms with Crippen LogP contribution in [0.25, 0.3) is 21.6 Å². The Morgan fingerprint density at radius 2 is 1.96 bits per heavy atom. The van der Waals surface area contributed by atoms with Crippen LogP contribution in [0.15, 0.2) is 59.1 Å². The molecule has 1 amide bonds. The number of fused-ring (bicyclic) bond motifs is 1. The molecule has 0 unspecified atom stereocenters. The molecule has 9 heteroatoms. The molecule has 0 fully saturated rings. The number of benzene rings is 1. The number of thiazole rings is 1. The highest BCUT2D eigenvalue weighted by atomic mass is 32.1. The molecular weight excluding hydrogens is 364 g/mol. The van der Waals surface area contributed by atoms with E-state index < -0.39 is 0 Å². The van der Waals surface area contributed by atoms with Crippen LogP contribution < -0.4 is 10.9 Å². The molecule has 1 aromatic carbocycles. The van der Waals surface area contributed by atoms with Crippen molar-refractivity contribution in [2.45, 2.75) is 13.1 Å². The molecule has 8 nitrogen and oxygen atoms in total. The molecule has 0 radical (unpaired) electrons. The first kappa shape index (κ1) is 17.0. The van der Waals surface area contributed by atoms with Crippen molar-refractivity contribution in [1.29, 1.82) is 0 Å². The van der Waals surface area contributed by atoms with E-state index in [1.54, 1.807) is 36.8 Å². The highest BCUT2D eigenvalue weighted by molar-refractivity contribution is 7.13. The van der Waals surface area contributed by atoms with Crippen molar-refractivity contribution >= 4 is 28.0 Å². The second kappa shape index (κ2) is 7.42. The van der Waals surface area contributed by atoms with Gasteiger partial charge in [-0.1, -0.05) is 18.2 Å². The molecule has 4 aromatic rings. The number of carbonyl (C=O) groups excluding carboxylic acids is 1. The zero-order valence-electron chi connectivity index (χ0n) is 14.1. The number of hydrogen-bond donors (Lipinski definition) is 1. The largest absolute Gasteiger partial charge is 0.349 e. The lowest BCUT2D eigenvalue weighted by atomic mass is 10.2. The second-order valence-corrected chi connectivity index (χ2v) is 6.55. The van der Waals surface area contributed by atoms with E-state index in [0.717, 1.165) is 10.1 Å². The van der Waals surface area contributed by atoms with Crippen LogP contribution in [0, 0.1) is 0 Å². The fourth-order valence-corrected chi connectivity index (χ4v) is 3.29. The van der Waals surface area contributed by atoms with Crippen LogP contribution in [-0.2, 0) is 17.9 Å². The summed E-state index contributed by atoms with van der Waals surface area (Å²) in [4.78, 5) is 37.3. The van der Waals surface area contributed by atoms with Gasteiger partial charge in [-0.15, -0.1) is 11.3 Å². The van der Waals surface area contributed by atoms with E-state index in [9.17, 15) is 9.59 Å². The molecule has 27 heavy (non-hydrogen) atoms. The zero-order chi connectivity index (χ0) is 18.6. The number of carbonyl (C=O) groups is 1. The van der Waals surface area contributed by atoms with Gasteiger partial charge in [-0.2, -0.15) is 5.10 Å². The third kappa shape index (κ3) is 3.72. The first-order chi connectivity index (χ1) is 13.2. The van der Waals surface area contributed by atoms with Gasteiger partial charge in [-0.3, -0.25) is 9.59 Å². The maximum Gasteiger partial charge on any atom is 0.275 e. The fraction of sp³-hybridized carbons (Fsp3) is 0.111. The molecule has 0 atom stereocenters. The van der Waals surface area contributed by atoms with Crippen molar-refractivity contribution < 1.29 is 4.79 Å². The summed E-state index contributed by atoms with van der Waals surface area (Å²) in [7, 11) is 0. The molecule has 134 valence electrons. The molecule has 0 saturated carbocycles. The van der Waals surface area contributed by atoms with Gasteiger partial charge >= 0.3 is 0 Å². The van der Waals surface area contributed by atoms with E-state index in [-0.39, 0.29) is 24.6 Å². The van der Waals surface area contributed by atoms with Crippen LogP contribution >= 0.6 is 11.3 Å². The molecule has 0 spiro atoms. The maximum atomic E-state index is 12.4. The molecule has 0 aliphatic rings. The number of nitrogens with one attached hydrogen (secondary N) is 1. The van der Waals surface area contributed by atoms with Crippen LogP contribution in [0.5, 0.6) is 0 Å². The monoisotopic (exact) mass is 378 g/mol. The van der Waals surface area contributed by atoms with Crippen LogP contribution in [-0.4, -0.2) is 30.6 Å². The Bertz CT molecular complexity index is 1160. The zero-order valence-corrected chi connectivity index (χ0v) is 14.9. The highest BCUT2D eigenvalue weighted by Gasteiger charge is 2.10. The average Bonchev–Trinajstić information content (AvgIpc) is 3.19. The lowest BCUT2D eigenvalue weighted by Gasteiger charge is -2.06. The van der Waals surface area contributed by atoms with E-state index in [0.29, 0.717) is 21.9 Å². The molecule has 1 N–H and O–H groups in total. The van der Waals surface area contributed by atoms with E-state index >= 15 is 0 Å². The summed E-state index contributed by atoms with van der Waals surface area (Å²) in [6, 6.07) is 8.88. The molecule has 3 heterocycles. The highest BCUT2D eigenvalue weighted by Crippen LogP contribution is 2.19. The predicted octanol–water partition coefficient (Wildman–Crippen LogP) is 1.63. The van der Waals surface area contributed by atoms with Crippen LogP contribution in [0.1, 0.15) is 5.69 Å². The summed E-state index contributed by atoms with van der Waals surface area (Å²) >= 11 is 1.41. The Morgan fingerprint density at radius 1 is 1.15 bits per heavy atom. The SMILES string of the molecule is O=C(Cn1ncc2ccccc2c1=O)NCc1csc(-c2ncccn2)n1. The van der Waals surface area contributed by atoms with E-state index in [2.05, 4.69) is 25.4 Å². The molecule has 0 aliphatic heterocycles. The van der Waals surface area contributed by atoms with Gasteiger partial charge in [0, 0.05) is 23.2 Å². The van der Waals surface area contributed by atoms with E-state index in [1.165, 1.54) is 11.3 Å². The van der Waals surface area contributed by atoms with Gasteiger partial charge in [-0.05, 0) is 12.1 Å². The summed E-state index contributed by atoms with van der Waals surface area (Å²) in [6.45, 7) is 0.104. The molecule has 4 rings (SSSR count). The van der Waals surface area contributed by atoms with Gasteiger partial charge in [0.05, 0.1) is 23.8 Å². The lowest BCUT2D eigenvalue weighted by molar-refractivity contribution is -0.122. The lowest BCUT2D eigenvalue weighted by Crippen LogP contribution is -2.33. The predicted molar refractivity (Wildman–Crippen MR) is 101 cm³/mol. The van der Waals surface area contributed by atoms with Crippen molar-refractivity contribution in [3.63, 3.8) is 0 Å². The second-order valence-electron chi connectivity index (χ2n) is 5.69. The maximum absolute atomic E-state index is 12.4. The standard InChI is InChI=1S/C18H14N6O2S/c25-15(10-24-18(26)14-5-2-1-4-12(14)8-22-24)21-9-13-11-27-17(23-13)16-19-6-3-7-20-16/h1-8,11H,9-10H2,(H,21,25). The van der Waals surface area contributed by atoms with Gasteiger partial charge in [0.15, 0.2) is 10.8 Å². The van der Waals surface area contributed by atoms with Crippen molar-refractivity contribution in [3.8, 4) is 10.8 Å². The van der Waals surface area contributed by atoms with E-state index in [4.69, 9.17) is 0 Å². The molecule has 0 aliphatic carbocycles. The Morgan fingerprint density at radius 3 is 2.81 bits per heavy atom. The van der Waals surface area contributed by atoms with Crippen molar-refractivity contribution in [2.75, 3.05) is 0 Å². The quantitative estimate of drug-likeness (QED) is 0.566. The Balaban J connectivity index is 1.41. The van der Waals surface area contributed by atoms with Crippen LogP contribution in [0.4, 0.5) is 0 Å². The minimum Gasteiger partial charge on any atom is -0.349 e. The van der Waals surface area contributed by atoms with E-state index in [1.807, 2.05) is 17.5 Å². The Hall–Kier alpha value is -3.46. The molecule has 0 bridgehead atoms. The summed E-state index contributed by atoms with van der Waals surface area (Å²) in [5, 5.41) is 10.6. The topological polar surface area (TPSA) is 103 Å². The number of rotatable bonds is 5. The molecule has 0 saturated heterocycles. The van der Waals surface area contributed by atoms with Gasteiger partial charge in [0.1, 0.15) is 6.54 Å². The number of hydrogen-bond acceptors (Lipinski definition) is 7. The minimum absolute atomic E-state index is 0.150. The van der Waals surface area contributed by atoms with Gasteiger partial charge < -0.3 is 5.32 Å². The van der Waals surface area contributed by atoms with Gasteiger partial charge in [-0.25, -0.2) is 19.6 Å². The van der Waals surface area contributed by atoms with Crippen LogP contribution in [0.3, 0.4) is 0 Å². The summed E-state index contributed by atoms with van der Waals surface area (Å²) in [5.74, 6) is 0.234. The van der Waals surface area contributed by atoms with Crippen LogP contribution in [0.2, 0.25) is 0 Å².